The summed E-state index contributed by atoms with van der Waals surface area (Å²) in [5.74, 6) is 0. The zero-order chi connectivity index (χ0) is 11.7. The predicted molar refractivity (Wildman–Crippen MR) is 64.9 cm³/mol. The first-order chi connectivity index (χ1) is 6.68. The van der Waals surface area contributed by atoms with E-state index in [9.17, 15) is 8.42 Å². The van der Waals surface area contributed by atoms with E-state index >= 15 is 0 Å². The van der Waals surface area contributed by atoms with Crippen LogP contribution in [0.25, 0.3) is 0 Å². The summed E-state index contributed by atoms with van der Waals surface area (Å²) in [6.45, 7) is 6.84. The molecule has 3 nitrogen and oxygen atoms in total. The Hall–Kier alpha value is -0.653. The van der Waals surface area contributed by atoms with E-state index in [-0.39, 0.29) is 4.90 Å². The monoisotopic (exact) mass is 243 g/mol. The third kappa shape index (κ3) is 4.15. The van der Waals surface area contributed by atoms with Gasteiger partial charge in [-0.3, -0.25) is 0 Å². The minimum absolute atomic E-state index is 0.182. The van der Waals surface area contributed by atoms with Crippen molar-refractivity contribution in [2.24, 2.45) is 5.14 Å². The lowest BCUT2D eigenvalue weighted by atomic mass is 10.2. The van der Waals surface area contributed by atoms with Gasteiger partial charge in [-0.15, -0.1) is 0 Å². The number of benzene rings is 1. The summed E-state index contributed by atoms with van der Waals surface area (Å²) in [6.07, 6.45) is 0. The molecule has 0 aliphatic heterocycles. The van der Waals surface area contributed by atoms with Gasteiger partial charge in [0.2, 0.25) is 10.0 Å². The van der Waals surface area contributed by atoms with Gasteiger partial charge in [0.1, 0.15) is 0 Å². The second-order valence-electron chi connectivity index (χ2n) is 4.93. The van der Waals surface area contributed by atoms with Gasteiger partial charge >= 0.3 is 0 Å². The van der Waals surface area contributed by atoms with Gasteiger partial charge in [-0.1, -0.05) is 37.3 Å². The number of primary sulfonamides is 1. The van der Waals surface area contributed by atoms with Crippen LogP contribution in [-0.4, -0.2) is 16.5 Å². The summed E-state index contributed by atoms with van der Waals surface area (Å²) in [6, 6.07) is 7.89. The van der Waals surface area contributed by atoms with E-state index in [1.165, 1.54) is 5.56 Å². The first kappa shape index (κ1) is 12.4. The smallest absolute Gasteiger partial charge is 0.225 e. The van der Waals surface area contributed by atoms with Gasteiger partial charge in [0.05, 0.1) is 4.90 Å². The molecule has 0 saturated heterocycles. The Morgan fingerprint density at radius 1 is 1.13 bits per heavy atom. The van der Waals surface area contributed by atoms with Gasteiger partial charge in [0, 0.05) is 8.07 Å². The number of hydrogen-bond donors (Lipinski definition) is 1. The van der Waals surface area contributed by atoms with Crippen molar-refractivity contribution < 1.29 is 8.42 Å². The Morgan fingerprint density at radius 3 is 1.93 bits per heavy atom. The Labute approximate surface area is 92.4 Å². The van der Waals surface area contributed by atoms with Crippen LogP contribution in [0.3, 0.4) is 0 Å². The molecule has 0 unspecified atom stereocenters. The molecule has 1 aromatic carbocycles. The molecule has 0 fully saturated rings. The van der Waals surface area contributed by atoms with Crippen molar-refractivity contribution in [1.82, 2.24) is 0 Å². The van der Waals surface area contributed by atoms with E-state index in [4.69, 9.17) is 5.14 Å². The predicted octanol–water partition coefficient (Wildman–Crippen LogP) is 1.75. The second-order valence-corrected chi connectivity index (χ2v) is 12.0. The molecule has 1 aromatic rings. The standard InChI is InChI=1S/C10H17NO2SSi/c1-15(2,3)8-9-4-6-10(7-5-9)14(11,12)13/h4-7H,8H2,1-3H3,(H2,11,12,13). The molecule has 0 spiro atoms. The van der Waals surface area contributed by atoms with Crippen LogP contribution in [0.5, 0.6) is 0 Å². The zero-order valence-corrected chi connectivity index (χ0v) is 11.1. The second kappa shape index (κ2) is 4.07. The highest BCUT2D eigenvalue weighted by atomic mass is 32.2. The topological polar surface area (TPSA) is 60.2 Å². The maximum absolute atomic E-state index is 11.0. The van der Waals surface area contributed by atoms with E-state index in [1.54, 1.807) is 12.1 Å². The molecule has 0 radical (unpaired) electrons. The van der Waals surface area contributed by atoms with Crippen molar-refractivity contribution in [3.63, 3.8) is 0 Å². The number of rotatable bonds is 3. The highest BCUT2D eigenvalue weighted by molar-refractivity contribution is 7.89. The molecule has 0 saturated carbocycles. The normalized spacial score (nSPS) is 12.8. The first-order valence-corrected chi connectivity index (χ1v) is 10.1. The fourth-order valence-corrected chi connectivity index (χ4v) is 3.39. The van der Waals surface area contributed by atoms with Crippen LogP contribution in [0.2, 0.25) is 19.6 Å². The van der Waals surface area contributed by atoms with Gasteiger partial charge in [0.15, 0.2) is 0 Å². The van der Waals surface area contributed by atoms with E-state index in [0.29, 0.717) is 0 Å². The van der Waals surface area contributed by atoms with Crippen molar-refractivity contribution in [1.29, 1.82) is 0 Å². The molecule has 1 rings (SSSR count). The fraction of sp³-hybridized carbons (Fsp3) is 0.400. The molecular weight excluding hydrogens is 226 g/mol. The summed E-state index contributed by atoms with van der Waals surface area (Å²) in [5, 5.41) is 5.01. The molecule has 0 amide bonds. The summed E-state index contributed by atoms with van der Waals surface area (Å²) >= 11 is 0. The molecule has 0 atom stereocenters. The van der Waals surface area contributed by atoms with Crippen LogP contribution in [-0.2, 0) is 16.1 Å². The lowest BCUT2D eigenvalue weighted by molar-refractivity contribution is 0.598. The van der Waals surface area contributed by atoms with Gasteiger partial charge in [-0.2, -0.15) is 0 Å². The minimum Gasteiger partial charge on any atom is -0.225 e. The quantitative estimate of drug-likeness (QED) is 0.822. The van der Waals surface area contributed by atoms with E-state index < -0.39 is 18.1 Å². The summed E-state index contributed by atoms with van der Waals surface area (Å²) in [5.41, 5.74) is 1.18. The van der Waals surface area contributed by atoms with Crippen LogP contribution in [0, 0.1) is 0 Å². The van der Waals surface area contributed by atoms with Crippen LogP contribution in [0.15, 0.2) is 29.2 Å². The molecule has 84 valence electrons. The van der Waals surface area contributed by atoms with Crippen LogP contribution >= 0.6 is 0 Å². The zero-order valence-electron chi connectivity index (χ0n) is 9.32. The summed E-state index contributed by atoms with van der Waals surface area (Å²) in [7, 11) is -4.69. The summed E-state index contributed by atoms with van der Waals surface area (Å²) in [4.78, 5) is 0.182. The average molecular weight is 243 g/mol. The molecule has 0 aliphatic rings. The van der Waals surface area contributed by atoms with E-state index in [0.717, 1.165) is 6.04 Å². The fourth-order valence-electron chi connectivity index (χ4n) is 1.41. The van der Waals surface area contributed by atoms with Gasteiger partial charge in [-0.05, 0) is 18.2 Å². The Balaban J connectivity index is 2.92. The van der Waals surface area contributed by atoms with Crippen molar-refractivity contribution >= 4 is 18.1 Å². The van der Waals surface area contributed by atoms with Gasteiger partial charge in [0.25, 0.3) is 0 Å². The van der Waals surface area contributed by atoms with Crippen molar-refractivity contribution in [2.75, 3.05) is 0 Å². The minimum atomic E-state index is -3.55. The average Bonchev–Trinajstić information content (AvgIpc) is 2.00. The SMILES string of the molecule is C[Si](C)(C)Cc1ccc(S(N)(=O)=O)cc1. The molecular formula is C10H17NO2SSi. The maximum atomic E-state index is 11.0. The molecule has 0 aromatic heterocycles. The van der Waals surface area contributed by atoms with Crippen molar-refractivity contribution in [2.45, 2.75) is 30.6 Å². The highest BCUT2D eigenvalue weighted by Gasteiger charge is 2.14. The highest BCUT2D eigenvalue weighted by Crippen LogP contribution is 2.14. The van der Waals surface area contributed by atoms with E-state index in [2.05, 4.69) is 19.6 Å². The number of nitrogens with two attached hydrogens (primary N) is 1. The Kier molecular flexibility index (Phi) is 3.37. The Morgan fingerprint density at radius 2 is 1.60 bits per heavy atom. The molecule has 5 heteroatoms. The lowest BCUT2D eigenvalue weighted by Crippen LogP contribution is -2.23. The largest absolute Gasteiger partial charge is 0.238 e. The molecule has 0 aliphatic carbocycles. The van der Waals surface area contributed by atoms with Crippen molar-refractivity contribution in [3.05, 3.63) is 29.8 Å². The Bertz CT molecular complexity index is 431. The van der Waals surface area contributed by atoms with Gasteiger partial charge in [-0.25, -0.2) is 13.6 Å². The maximum Gasteiger partial charge on any atom is 0.238 e. The van der Waals surface area contributed by atoms with E-state index in [1.807, 2.05) is 12.1 Å². The number of sulfonamides is 1. The van der Waals surface area contributed by atoms with Gasteiger partial charge < -0.3 is 0 Å². The molecule has 2 N–H and O–H groups in total. The number of hydrogen-bond acceptors (Lipinski definition) is 2. The van der Waals surface area contributed by atoms with Crippen LogP contribution in [0.1, 0.15) is 5.56 Å². The third-order valence-electron chi connectivity index (χ3n) is 1.99. The molecule has 0 heterocycles. The van der Waals surface area contributed by atoms with Crippen LogP contribution in [0.4, 0.5) is 0 Å². The van der Waals surface area contributed by atoms with Crippen LogP contribution < -0.4 is 5.14 Å². The first-order valence-electron chi connectivity index (χ1n) is 4.80. The third-order valence-corrected chi connectivity index (χ3v) is 4.38. The molecule has 15 heavy (non-hydrogen) atoms. The summed E-state index contributed by atoms with van der Waals surface area (Å²) < 4.78 is 22.0. The lowest BCUT2D eigenvalue weighted by Gasteiger charge is -2.15. The molecule has 0 bridgehead atoms. The van der Waals surface area contributed by atoms with Crippen molar-refractivity contribution in [3.8, 4) is 0 Å².